The van der Waals surface area contributed by atoms with Gasteiger partial charge in [0.25, 0.3) is 10.0 Å². The molecule has 0 saturated carbocycles. The van der Waals surface area contributed by atoms with E-state index < -0.39 is 10.0 Å². The lowest BCUT2D eigenvalue weighted by Gasteiger charge is -2.05. The highest BCUT2D eigenvalue weighted by Crippen LogP contribution is 2.16. The SMILES string of the molecule is Cc1cc(NS(=O)(=O)c2ccc(CCCl)cc2)no1. The summed E-state index contributed by atoms with van der Waals surface area (Å²) in [7, 11) is -3.64. The second-order valence-corrected chi connectivity index (χ2v) is 6.07. The molecule has 1 heterocycles. The summed E-state index contributed by atoms with van der Waals surface area (Å²) < 4.78 is 31.3. The normalized spacial score (nSPS) is 11.5. The van der Waals surface area contributed by atoms with E-state index in [0.29, 0.717) is 18.1 Å². The number of halogens is 1. The Labute approximate surface area is 116 Å². The summed E-state index contributed by atoms with van der Waals surface area (Å²) in [6, 6.07) is 8.07. The molecule has 2 aromatic rings. The van der Waals surface area contributed by atoms with Gasteiger partial charge in [-0.2, -0.15) is 0 Å². The van der Waals surface area contributed by atoms with Crippen LogP contribution in [0.3, 0.4) is 0 Å². The summed E-state index contributed by atoms with van der Waals surface area (Å²) in [6.07, 6.45) is 0.706. The van der Waals surface area contributed by atoms with Gasteiger partial charge in [-0.05, 0) is 31.0 Å². The first-order valence-electron chi connectivity index (χ1n) is 5.62. The van der Waals surface area contributed by atoms with Crippen LogP contribution in [0.5, 0.6) is 0 Å². The number of hydrogen-bond donors (Lipinski definition) is 1. The highest BCUT2D eigenvalue weighted by molar-refractivity contribution is 7.92. The summed E-state index contributed by atoms with van der Waals surface area (Å²) in [5, 5.41) is 3.59. The van der Waals surface area contributed by atoms with Gasteiger partial charge in [-0.3, -0.25) is 4.72 Å². The number of sulfonamides is 1. The van der Waals surface area contributed by atoms with Crippen molar-refractivity contribution >= 4 is 27.4 Å². The number of aryl methyl sites for hydroxylation is 2. The molecule has 0 unspecified atom stereocenters. The van der Waals surface area contributed by atoms with Crippen LogP contribution in [-0.2, 0) is 16.4 Å². The predicted octanol–water partition coefficient (Wildman–Crippen LogP) is 2.57. The molecule has 0 aliphatic carbocycles. The van der Waals surface area contributed by atoms with Crippen LogP contribution in [0.2, 0.25) is 0 Å². The van der Waals surface area contributed by atoms with Crippen molar-refractivity contribution < 1.29 is 12.9 Å². The summed E-state index contributed by atoms with van der Waals surface area (Å²) in [5.74, 6) is 1.21. The van der Waals surface area contributed by atoms with Crippen LogP contribution >= 0.6 is 11.6 Å². The molecule has 2 rings (SSSR count). The Bertz CT molecular complexity index is 650. The molecule has 0 saturated heterocycles. The molecule has 0 aliphatic rings. The first-order chi connectivity index (χ1) is 9.01. The number of alkyl halides is 1. The molecular formula is C12H13ClN2O3S. The minimum atomic E-state index is -3.64. The fourth-order valence-electron chi connectivity index (χ4n) is 1.56. The van der Waals surface area contributed by atoms with Gasteiger partial charge in [-0.1, -0.05) is 17.3 Å². The van der Waals surface area contributed by atoms with E-state index >= 15 is 0 Å². The lowest BCUT2D eigenvalue weighted by Crippen LogP contribution is -2.13. The molecular weight excluding hydrogens is 288 g/mol. The van der Waals surface area contributed by atoms with Crippen LogP contribution in [0.15, 0.2) is 39.8 Å². The lowest BCUT2D eigenvalue weighted by molar-refractivity contribution is 0.400. The Balaban J connectivity index is 2.19. The highest BCUT2D eigenvalue weighted by Gasteiger charge is 2.15. The smallest absolute Gasteiger partial charge is 0.263 e. The number of benzene rings is 1. The highest BCUT2D eigenvalue weighted by atomic mass is 35.5. The minimum Gasteiger partial charge on any atom is -0.360 e. The summed E-state index contributed by atoms with van der Waals surface area (Å²) in [5.41, 5.74) is 0.992. The van der Waals surface area contributed by atoms with Crippen molar-refractivity contribution in [3.05, 3.63) is 41.7 Å². The van der Waals surface area contributed by atoms with Crippen molar-refractivity contribution in [2.24, 2.45) is 0 Å². The van der Waals surface area contributed by atoms with Gasteiger partial charge in [0.1, 0.15) is 5.76 Å². The number of hydrogen-bond acceptors (Lipinski definition) is 4. The number of nitrogens with zero attached hydrogens (tertiary/aromatic N) is 1. The molecule has 5 nitrogen and oxygen atoms in total. The predicted molar refractivity (Wildman–Crippen MR) is 72.9 cm³/mol. The van der Waals surface area contributed by atoms with E-state index in [1.807, 2.05) is 0 Å². The Morgan fingerprint density at radius 1 is 1.32 bits per heavy atom. The van der Waals surface area contributed by atoms with Crippen LogP contribution in [0.25, 0.3) is 0 Å². The molecule has 0 aliphatic heterocycles. The maximum Gasteiger partial charge on any atom is 0.263 e. The first-order valence-corrected chi connectivity index (χ1v) is 7.64. The molecule has 0 spiro atoms. The average molecular weight is 301 g/mol. The van der Waals surface area contributed by atoms with Gasteiger partial charge < -0.3 is 4.52 Å². The Kier molecular flexibility index (Phi) is 4.11. The van der Waals surface area contributed by atoms with Crippen molar-refractivity contribution in [1.29, 1.82) is 0 Å². The van der Waals surface area contributed by atoms with Crippen molar-refractivity contribution in [2.75, 3.05) is 10.6 Å². The third kappa shape index (κ3) is 3.48. The molecule has 1 N–H and O–H groups in total. The summed E-state index contributed by atoms with van der Waals surface area (Å²) in [6.45, 7) is 1.69. The van der Waals surface area contributed by atoms with Gasteiger partial charge in [0.2, 0.25) is 0 Å². The van der Waals surface area contributed by atoms with Gasteiger partial charge in [0, 0.05) is 11.9 Å². The monoisotopic (exact) mass is 300 g/mol. The standard InChI is InChI=1S/C12H13ClN2O3S/c1-9-8-12(14-18-9)15-19(16,17)11-4-2-10(3-5-11)6-7-13/h2-5,8H,6-7H2,1H3,(H,14,15). The maximum atomic E-state index is 12.1. The summed E-state index contributed by atoms with van der Waals surface area (Å²) >= 11 is 5.63. The van der Waals surface area contributed by atoms with E-state index in [1.165, 1.54) is 18.2 Å². The van der Waals surface area contributed by atoms with Crippen LogP contribution < -0.4 is 4.72 Å². The third-order valence-corrected chi connectivity index (χ3v) is 4.04. The molecule has 1 aromatic heterocycles. The zero-order valence-corrected chi connectivity index (χ0v) is 11.8. The van der Waals surface area contributed by atoms with Gasteiger partial charge in [-0.25, -0.2) is 8.42 Å². The number of aromatic nitrogens is 1. The molecule has 0 amide bonds. The molecule has 0 atom stereocenters. The van der Waals surface area contributed by atoms with Gasteiger partial charge in [0.15, 0.2) is 5.82 Å². The Morgan fingerprint density at radius 3 is 2.53 bits per heavy atom. The van der Waals surface area contributed by atoms with Crippen LogP contribution in [0.1, 0.15) is 11.3 Å². The van der Waals surface area contributed by atoms with Gasteiger partial charge in [-0.15, -0.1) is 11.6 Å². The van der Waals surface area contributed by atoms with E-state index in [-0.39, 0.29) is 10.7 Å². The maximum absolute atomic E-state index is 12.1. The first kappa shape index (κ1) is 13.9. The van der Waals surface area contributed by atoms with Crippen LogP contribution in [-0.4, -0.2) is 19.5 Å². The lowest BCUT2D eigenvalue weighted by atomic mass is 10.2. The molecule has 102 valence electrons. The van der Waals surface area contributed by atoms with Crippen molar-refractivity contribution in [3.8, 4) is 0 Å². The number of anilines is 1. The fourth-order valence-corrected chi connectivity index (χ4v) is 2.76. The Hall–Kier alpha value is -1.53. The topological polar surface area (TPSA) is 72.2 Å². The zero-order valence-electron chi connectivity index (χ0n) is 10.3. The molecule has 0 bridgehead atoms. The van der Waals surface area contributed by atoms with E-state index in [9.17, 15) is 8.42 Å². The minimum absolute atomic E-state index is 0.169. The number of rotatable bonds is 5. The second-order valence-electron chi connectivity index (χ2n) is 4.01. The largest absolute Gasteiger partial charge is 0.360 e. The Morgan fingerprint density at radius 2 is 2.00 bits per heavy atom. The van der Waals surface area contributed by atoms with E-state index in [1.54, 1.807) is 19.1 Å². The van der Waals surface area contributed by atoms with Crippen LogP contribution in [0.4, 0.5) is 5.82 Å². The molecule has 0 radical (unpaired) electrons. The van der Waals surface area contributed by atoms with Crippen molar-refractivity contribution in [3.63, 3.8) is 0 Å². The van der Waals surface area contributed by atoms with E-state index in [2.05, 4.69) is 9.88 Å². The van der Waals surface area contributed by atoms with Gasteiger partial charge >= 0.3 is 0 Å². The molecule has 0 fully saturated rings. The molecule has 19 heavy (non-hydrogen) atoms. The average Bonchev–Trinajstić information content (AvgIpc) is 2.75. The van der Waals surface area contributed by atoms with Crippen molar-refractivity contribution in [1.82, 2.24) is 5.16 Å². The van der Waals surface area contributed by atoms with Crippen molar-refractivity contribution in [2.45, 2.75) is 18.2 Å². The number of nitrogens with one attached hydrogen (secondary N) is 1. The third-order valence-electron chi connectivity index (χ3n) is 2.48. The van der Waals surface area contributed by atoms with Gasteiger partial charge in [0.05, 0.1) is 4.90 Å². The van der Waals surface area contributed by atoms with Crippen LogP contribution in [0, 0.1) is 6.92 Å². The zero-order chi connectivity index (χ0) is 13.9. The molecule has 1 aromatic carbocycles. The fraction of sp³-hybridized carbons (Fsp3) is 0.250. The molecule has 7 heteroatoms. The van der Waals surface area contributed by atoms with E-state index in [0.717, 1.165) is 5.56 Å². The quantitative estimate of drug-likeness (QED) is 0.861. The van der Waals surface area contributed by atoms with E-state index in [4.69, 9.17) is 16.1 Å². The second kappa shape index (κ2) is 5.63. The summed E-state index contributed by atoms with van der Waals surface area (Å²) in [4.78, 5) is 0.173.